The number of benzene rings is 2. The summed E-state index contributed by atoms with van der Waals surface area (Å²) in [4.78, 5) is 44.2. The first-order chi connectivity index (χ1) is 23.1. The summed E-state index contributed by atoms with van der Waals surface area (Å²) in [6.07, 6.45) is 1.19. The molecule has 0 saturated carbocycles. The number of hydrogen-bond acceptors (Lipinski definition) is 9. The van der Waals surface area contributed by atoms with Crippen LogP contribution in [-0.4, -0.2) is 63.8 Å². The van der Waals surface area contributed by atoms with Crippen molar-refractivity contribution in [2.24, 2.45) is 11.7 Å². The van der Waals surface area contributed by atoms with Crippen molar-refractivity contribution in [2.45, 2.75) is 91.3 Å². The predicted molar refractivity (Wildman–Crippen MR) is 185 cm³/mol. The first-order valence-corrected chi connectivity index (χ1v) is 16.4. The van der Waals surface area contributed by atoms with Gasteiger partial charge in [0, 0.05) is 31.8 Å². The van der Waals surface area contributed by atoms with Crippen LogP contribution in [0.15, 0.2) is 47.0 Å². The molecule has 0 spiro atoms. The van der Waals surface area contributed by atoms with Crippen molar-refractivity contribution < 1.29 is 28.8 Å². The van der Waals surface area contributed by atoms with Gasteiger partial charge < -0.3 is 41.4 Å². The molecular formula is C35H50N8O6. The van der Waals surface area contributed by atoms with Gasteiger partial charge in [-0.25, -0.2) is 4.79 Å². The van der Waals surface area contributed by atoms with E-state index >= 15 is 0 Å². The van der Waals surface area contributed by atoms with Gasteiger partial charge in [0.15, 0.2) is 11.8 Å². The number of carbonyl (C=O) groups is 3. The van der Waals surface area contributed by atoms with Crippen LogP contribution in [0, 0.1) is 25.2 Å². The number of nitrogens with one attached hydrogen (secondary N) is 5. The van der Waals surface area contributed by atoms with Crippen molar-refractivity contribution in [2.75, 3.05) is 13.1 Å². The average Bonchev–Trinajstić information content (AvgIpc) is 3.47. The minimum absolute atomic E-state index is 0.109. The maximum absolute atomic E-state index is 14.1. The number of amides is 3. The van der Waals surface area contributed by atoms with Crippen molar-refractivity contribution in [1.29, 1.82) is 5.41 Å². The Labute approximate surface area is 287 Å². The zero-order valence-corrected chi connectivity index (χ0v) is 29.2. The molecule has 3 aromatic rings. The summed E-state index contributed by atoms with van der Waals surface area (Å²) in [5.74, 6) is -0.748. The van der Waals surface area contributed by atoms with E-state index < -0.39 is 35.6 Å². The number of nitrogens with zero attached hydrogens (tertiary/aromatic N) is 2. The molecule has 3 rings (SSSR count). The van der Waals surface area contributed by atoms with E-state index in [1.807, 2.05) is 44.2 Å². The normalized spacial score (nSPS) is 13.1. The molecule has 14 heteroatoms. The second kappa shape index (κ2) is 17.9. The van der Waals surface area contributed by atoms with Crippen molar-refractivity contribution in [3.05, 3.63) is 76.4 Å². The molecule has 0 saturated heterocycles. The molecule has 0 bridgehead atoms. The fraction of sp³-hybridized carbons (Fsp3) is 0.486. The van der Waals surface area contributed by atoms with Crippen LogP contribution >= 0.6 is 0 Å². The highest BCUT2D eigenvalue weighted by molar-refractivity contribution is 5.89. The minimum atomic E-state index is -0.994. The Morgan fingerprint density at radius 2 is 1.67 bits per heavy atom. The quantitative estimate of drug-likeness (QED) is 0.0662. The van der Waals surface area contributed by atoms with E-state index in [-0.39, 0.29) is 36.5 Å². The smallest absolute Gasteiger partial charge is 0.407 e. The topological polar surface area (TPSA) is 218 Å². The molecule has 0 unspecified atom stereocenters. The third kappa shape index (κ3) is 13.1. The van der Waals surface area contributed by atoms with Crippen LogP contribution in [0.2, 0.25) is 0 Å². The lowest BCUT2D eigenvalue weighted by atomic mass is 9.94. The molecule has 1 heterocycles. The highest BCUT2D eigenvalue weighted by atomic mass is 16.6. The van der Waals surface area contributed by atoms with Gasteiger partial charge in [0.25, 0.3) is 0 Å². The van der Waals surface area contributed by atoms with E-state index in [1.165, 1.54) is 0 Å². The number of alkyl carbamates (subject to hydrolysis) is 1. The zero-order chi connectivity index (χ0) is 36.1. The molecule has 8 N–H and O–H groups in total. The van der Waals surface area contributed by atoms with Gasteiger partial charge in [-0.3, -0.25) is 15.0 Å². The third-order valence-corrected chi connectivity index (χ3v) is 7.70. The number of nitrogens with two attached hydrogens (primary N) is 1. The lowest BCUT2D eigenvalue weighted by Crippen LogP contribution is -2.50. The molecule has 14 nitrogen and oxygen atoms in total. The van der Waals surface area contributed by atoms with Crippen molar-refractivity contribution in [3.8, 4) is 5.75 Å². The number of guanidine groups is 1. The van der Waals surface area contributed by atoms with E-state index in [2.05, 4.69) is 31.4 Å². The summed E-state index contributed by atoms with van der Waals surface area (Å²) >= 11 is 0. The molecule has 266 valence electrons. The number of aromatic hydroxyl groups is 1. The van der Waals surface area contributed by atoms with E-state index in [1.54, 1.807) is 39.8 Å². The second-order valence-corrected chi connectivity index (χ2v) is 13.2. The molecular weight excluding hydrogens is 628 g/mol. The molecule has 0 radical (unpaired) electrons. The number of hydrogen-bond donors (Lipinski definition) is 7. The fourth-order valence-electron chi connectivity index (χ4n) is 5.17. The lowest BCUT2D eigenvalue weighted by molar-refractivity contribution is -0.131. The maximum atomic E-state index is 14.1. The average molecular weight is 679 g/mol. The highest BCUT2D eigenvalue weighted by Gasteiger charge is 2.29. The Balaban J connectivity index is 1.84. The third-order valence-electron chi connectivity index (χ3n) is 7.70. The fourth-order valence-corrected chi connectivity index (χ4v) is 5.17. The number of phenolic OH excluding ortho intramolecular Hbond substituents is 1. The lowest BCUT2D eigenvalue weighted by Gasteiger charge is -2.25. The number of ether oxygens (including phenoxy) is 1. The molecule has 0 aliphatic heterocycles. The standard InChI is InChI=1S/C35H50N8O6/c1-21(14-16-38-33(36)37)30(45)41-28(20-26-22(2)17-25(44)18-23(26)3)31(46)40-27(13-10-15-39-34(47)48-35(4,5)6)32-42-29(43-49-32)19-24-11-8-7-9-12-24/h7-9,11-12,17-18,21,27-28,44H,10,13-16,19-20H2,1-6H3,(H,39,47)(H,40,46)(H,41,45)(H4,36,37,38)/t21-,27+,28+/m1/s1. The molecule has 0 aliphatic carbocycles. The van der Waals surface area contributed by atoms with E-state index in [4.69, 9.17) is 20.4 Å². The van der Waals surface area contributed by atoms with E-state index in [9.17, 15) is 19.5 Å². The summed E-state index contributed by atoms with van der Waals surface area (Å²) < 4.78 is 11.0. The van der Waals surface area contributed by atoms with E-state index in [0.717, 1.165) is 22.3 Å². The number of aromatic nitrogens is 2. The van der Waals surface area contributed by atoms with Gasteiger partial charge in [0.05, 0.1) is 0 Å². The van der Waals surface area contributed by atoms with Crippen LogP contribution < -0.4 is 27.0 Å². The molecule has 49 heavy (non-hydrogen) atoms. The SMILES string of the molecule is Cc1cc(O)cc(C)c1C[C@H](NC(=O)[C@H](C)CCNC(=N)N)C(=O)N[C@@H](CCCNC(=O)OC(C)(C)C)c1nc(Cc2ccccc2)no1. The van der Waals surface area contributed by atoms with Crippen LogP contribution in [0.1, 0.15) is 87.0 Å². The van der Waals surface area contributed by atoms with E-state index in [0.29, 0.717) is 38.1 Å². The minimum Gasteiger partial charge on any atom is -0.508 e. The van der Waals surface area contributed by atoms with Crippen molar-refractivity contribution in [3.63, 3.8) is 0 Å². The van der Waals surface area contributed by atoms with Gasteiger partial charge in [-0.1, -0.05) is 42.4 Å². The Hall–Kier alpha value is -5.14. The second-order valence-electron chi connectivity index (χ2n) is 13.2. The molecule has 1 aromatic heterocycles. The summed E-state index contributed by atoms with van der Waals surface area (Å²) in [5.41, 5.74) is 8.08. The molecule has 0 aliphatic rings. The summed E-state index contributed by atoms with van der Waals surface area (Å²) in [5, 5.41) is 32.9. The predicted octanol–water partition coefficient (Wildman–Crippen LogP) is 3.68. The van der Waals surface area contributed by atoms with Crippen LogP contribution in [0.5, 0.6) is 5.75 Å². The van der Waals surface area contributed by atoms with Gasteiger partial charge in [0.1, 0.15) is 23.4 Å². The van der Waals surface area contributed by atoms with Gasteiger partial charge in [-0.05, 0) is 88.3 Å². The summed E-state index contributed by atoms with van der Waals surface area (Å²) in [6.45, 7) is 11.3. The van der Waals surface area contributed by atoms with Crippen molar-refractivity contribution >= 4 is 23.9 Å². The Bertz CT molecular complexity index is 1550. The van der Waals surface area contributed by atoms with Gasteiger partial charge in [-0.2, -0.15) is 4.98 Å². The number of carbonyl (C=O) groups excluding carboxylic acids is 3. The Kier molecular flexibility index (Phi) is 14.0. The Morgan fingerprint density at radius 3 is 2.31 bits per heavy atom. The number of phenols is 1. The summed E-state index contributed by atoms with van der Waals surface area (Å²) in [7, 11) is 0. The molecule has 0 fully saturated rings. The Morgan fingerprint density at radius 1 is 1.00 bits per heavy atom. The van der Waals surface area contributed by atoms with Crippen LogP contribution in [0.4, 0.5) is 4.79 Å². The zero-order valence-electron chi connectivity index (χ0n) is 29.2. The molecule has 3 amide bonds. The van der Waals surface area contributed by atoms with Gasteiger partial charge in [0.2, 0.25) is 17.7 Å². The highest BCUT2D eigenvalue weighted by Crippen LogP contribution is 2.24. The van der Waals surface area contributed by atoms with Gasteiger partial charge >= 0.3 is 6.09 Å². The van der Waals surface area contributed by atoms with Crippen LogP contribution in [-0.2, 0) is 27.2 Å². The van der Waals surface area contributed by atoms with Gasteiger partial charge in [-0.15, -0.1) is 0 Å². The monoisotopic (exact) mass is 678 g/mol. The first kappa shape index (κ1) is 38.3. The molecule has 2 aromatic carbocycles. The first-order valence-electron chi connectivity index (χ1n) is 16.4. The van der Waals surface area contributed by atoms with Crippen molar-refractivity contribution in [1.82, 2.24) is 31.4 Å². The number of aryl methyl sites for hydroxylation is 2. The molecule has 3 atom stereocenters. The maximum Gasteiger partial charge on any atom is 0.407 e. The largest absolute Gasteiger partial charge is 0.508 e. The number of rotatable bonds is 16. The van der Waals surface area contributed by atoms with Crippen LogP contribution in [0.25, 0.3) is 0 Å². The van der Waals surface area contributed by atoms with Crippen LogP contribution in [0.3, 0.4) is 0 Å². The summed E-state index contributed by atoms with van der Waals surface area (Å²) in [6, 6.07) is 11.2.